The molecular weight excluding hydrogens is 656 g/mol. The molecule has 20 nitrogen and oxygen atoms in total. The van der Waals surface area contributed by atoms with E-state index >= 15 is 0 Å². The van der Waals surface area contributed by atoms with E-state index in [2.05, 4.69) is 41.9 Å². The number of nitrogens with two attached hydrogens (primary N) is 4. The molecule has 0 saturated carbocycles. The van der Waals surface area contributed by atoms with Crippen molar-refractivity contribution in [1.82, 2.24) is 31.9 Å². The van der Waals surface area contributed by atoms with E-state index in [0.717, 1.165) is 0 Å². The van der Waals surface area contributed by atoms with Crippen LogP contribution in [-0.2, 0) is 33.6 Å². The zero-order valence-corrected chi connectivity index (χ0v) is 29.5. The minimum atomic E-state index is -1.27. The van der Waals surface area contributed by atoms with Gasteiger partial charge >= 0.3 is 5.97 Å². The van der Waals surface area contributed by atoms with E-state index in [1.807, 2.05) is 27.7 Å². The zero-order chi connectivity index (χ0) is 38.4. The van der Waals surface area contributed by atoms with Crippen molar-refractivity contribution in [2.75, 3.05) is 26.2 Å². The first-order valence-electron chi connectivity index (χ1n) is 16.4. The fourth-order valence-electron chi connectivity index (χ4n) is 4.54. The van der Waals surface area contributed by atoms with Gasteiger partial charge in [-0.15, -0.1) is 0 Å². The van der Waals surface area contributed by atoms with Gasteiger partial charge in [0, 0.05) is 20.0 Å². The fourth-order valence-corrected chi connectivity index (χ4v) is 4.54. The highest BCUT2D eigenvalue weighted by Gasteiger charge is 2.31. The molecule has 20 heteroatoms. The molecule has 0 bridgehead atoms. The lowest BCUT2D eigenvalue weighted by atomic mass is 10.00. The van der Waals surface area contributed by atoms with E-state index in [-0.39, 0.29) is 68.9 Å². The number of aliphatic imine (C=N–C) groups is 2. The third-order valence-corrected chi connectivity index (χ3v) is 6.76. The largest absolute Gasteiger partial charge is 0.480 e. The molecule has 0 fully saturated rings. The second-order valence-corrected chi connectivity index (χ2v) is 12.5. The van der Waals surface area contributed by atoms with E-state index < -0.39 is 78.7 Å². The first-order valence-corrected chi connectivity index (χ1v) is 16.4. The Morgan fingerprint density at radius 2 is 0.980 bits per heavy atom. The van der Waals surface area contributed by atoms with E-state index in [9.17, 15) is 33.6 Å². The molecule has 0 aromatic rings. The quantitative estimate of drug-likeness (QED) is 0.0263. The Morgan fingerprint density at radius 1 is 0.580 bits per heavy atom. The van der Waals surface area contributed by atoms with E-state index in [0.29, 0.717) is 6.42 Å². The number of carboxylic acids is 1. The Kier molecular flexibility index (Phi) is 21.6. The number of carbonyl (C=O) groups is 7. The molecule has 0 saturated heterocycles. The minimum Gasteiger partial charge on any atom is -0.480 e. The molecule has 0 aliphatic carbocycles. The van der Waals surface area contributed by atoms with Crippen LogP contribution >= 0.6 is 0 Å². The molecule has 0 unspecified atom stereocenters. The molecule has 0 spiro atoms. The number of nitrogens with one attached hydrogen (secondary N) is 6. The number of carboxylic acid groups (broad SMARTS) is 1. The smallest absolute Gasteiger partial charge is 0.322 e. The lowest BCUT2D eigenvalue weighted by molar-refractivity contribution is -0.138. The molecule has 0 radical (unpaired) electrons. The molecule has 4 atom stereocenters. The number of guanidine groups is 2. The topological polar surface area (TPSA) is 341 Å². The van der Waals surface area contributed by atoms with Crippen molar-refractivity contribution >= 4 is 53.3 Å². The second kappa shape index (κ2) is 24.0. The van der Waals surface area contributed by atoms with E-state index in [1.165, 1.54) is 6.92 Å². The molecule has 0 aromatic carbocycles. The molecule has 0 rings (SSSR count). The molecule has 15 N–H and O–H groups in total. The van der Waals surface area contributed by atoms with Crippen LogP contribution in [0.1, 0.15) is 73.1 Å². The van der Waals surface area contributed by atoms with Gasteiger partial charge in [-0.25, -0.2) is 0 Å². The van der Waals surface area contributed by atoms with Crippen molar-refractivity contribution in [1.29, 1.82) is 0 Å². The number of hydrogen-bond donors (Lipinski definition) is 11. The van der Waals surface area contributed by atoms with Crippen LogP contribution in [-0.4, -0.2) is 109 Å². The van der Waals surface area contributed by atoms with Crippen LogP contribution in [0.2, 0.25) is 0 Å². The predicted octanol–water partition coefficient (Wildman–Crippen LogP) is -3.54. The van der Waals surface area contributed by atoms with Gasteiger partial charge in [0.25, 0.3) is 0 Å². The van der Waals surface area contributed by atoms with Gasteiger partial charge in [0.05, 0.1) is 6.54 Å². The van der Waals surface area contributed by atoms with Crippen molar-refractivity contribution < 1.29 is 38.7 Å². The number of amides is 6. The van der Waals surface area contributed by atoms with Gasteiger partial charge in [-0.2, -0.15) is 0 Å². The maximum absolute atomic E-state index is 13.7. The van der Waals surface area contributed by atoms with Gasteiger partial charge in [0.1, 0.15) is 30.7 Å². The van der Waals surface area contributed by atoms with Crippen LogP contribution in [0.3, 0.4) is 0 Å². The van der Waals surface area contributed by atoms with Crippen LogP contribution in [0.4, 0.5) is 0 Å². The van der Waals surface area contributed by atoms with E-state index in [1.54, 1.807) is 0 Å². The monoisotopic (exact) mass is 712 g/mol. The van der Waals surface area contributed by atoms with Crippen molar-refractivity contribution in [3.8, 4) is 0 Å². The highest BCUT2D eigenvalue weighted by Crippen LogP contribution is 2.10. The van der Waals surface area contributed by atoms with Gasteiger partial charge in [-0.1, -0.05) is 27.7 Å². The maximum Gasteiger partial charge on any atom is 0.322 e. The summed E-state index contributed by atoms with van der Waals surface area (Å²) in [6, 6.07) is -4.42. The molecule has 0 aromatic heterocycles. The number of hydrogen-bond acceptors (Lipinski definition) is 9. The van der Waals surface area contributed by atoms with Gasteiger partial charge in [-0.05, 0) is 50.4 Å². The molecule has 50 heavy (non-hydrogen) atoms. The Labute approximate surface area is 292 Å². The van der Waals surface area contributed by atoms with Gasteiger partial charge in [0.2, 0.25) is 35.4 Å². The SMILES string of the molecule is CC(=O)N[C@@H](CC(C)C)C(=O)N[C@@H](CCCN=C(N)N)C(=O)N[C@@H](CC(C)C)C(=O)N[C@@H](CCCN=C(N)N)C(=O)NCC(=O)NCC(=O)O. The van der Waals surface area contributed by atoms with Crippen LogP contribution in [0, 0.1) is 11.8 Å². The number of rotatable bonds is 24. The van der Waals surface area contributed by atoms with Crippen molar-refractivity contribution in [3.63, 3.8) is 0 Å². The van der Waals surface area contributed by atoms with Crippen LogP contribution in [0.5, 0.6) is 0 Å². The number of aliphatic carboxylic acids is 1. The Bertz CT molecular complexity index is 1220. The Morgan fingerprint density at radius 3 is 1.38 bits per heavy atom. The zero-order valence-electron chi connectivity index (χ0n) is 29.5. The first-order chi connectivity index (χ1) is 23.3. The summed E-state index contributed by atoms with van der Waals surface area (Å²) in [6.45, 7) is 7.74. The first kappa shape index (κ1) is 44.8. The molecule has 0 heterocycles. The average Bonchev–Trinajstić information content (AvgIpc) is 2.99. The van der Waals surface area contributed by atoms with Gasteiger partial charge in [0.15, 0.2) is 11.9 Å². The summed E-state index contributed by atoms with van der Waals surface area (Å²) in [5.41, 5.74) is 21.5. The lowest BCUT2D eigenvalue weighted by Crippen LogP contribution is -2.58. The van der Waals surface area contributed by atoms with E-state index in [4.69, 9.17) is 28.0 Å². The molecule has 0 aliphatic rings. The van der Waals surface area contributed by atoms with Crippen LogP contribution in [0.15, 0.2) is 9.98 Å². The molecule has 0 aliphatic heterocycles. The van der Waals surface area contributed by atoms with Crippen LogP contribution in [0.25, 0.3) is 0 Å². The fraction of sp³-hybridized carbons (Fsp3) is 0.700. The average molecular weight is 713 g/mol. The summed E-state index contributed by atoms with van der Waals surface area (Å²) >= 11 is 0. The second-order valence-electron chi connectivity index (χ2n) is 12.5. The van der Waals surface area contributed by atoms with Crippen molar-refractivity contribution in [2.45, 2.75) is 97.3 Å². The third-order valence-electron chi connectivity index (χ3n) is 6.76. The van der Waals surface area contributed by atoms with Crippen molar-refractivity contribution in [2.24, 2.45) is 44.8 Å². The summed E-state index contributed by atoms with van der Waals surface area (Å²) in [6.07, 6.45) is 1.10. The normalized spacial score (nSPS) is 13.1. The minimum absolute atomic E-state index is 0.0367. The Hall–Kier alpha value is -5.17. The van der Waals surface area contributed by atoms with Gasteiger partial charge < -0.3 is 59.9 Å². The maximum atomic E-state index is 13.7. The standard InChI is InChI=1S/C30H56N12O8/c1-16(2)12-21(39-18(5)43)27(49)41-20(9-7-11-36-30(33)34)26(48)42-22(13-17(3)4)28(50)40-19(8-6-10-35-29(31)32)25(47)38-14-23(44)37-15-24(45)46/h16-17,19-22H,6-15H2,1-5H3,(H,37,44)(H,38,47)(H,39,43)(H,40,50)(H,41,49)(H,42,48)(H,45,46)(H4,31,32,35)(H4,33,34,36)/t19-,20-,21-,22-/m0/s1. The Balaban J connectivity index is 6.11. The third kappa shape index (κ3) is 21.7. The summed E-state index contributed by atoms with van der Waals surface area (Å²) in [5.74, 6) is -5.60. The summed E-state index contributed by atoms with van der Waals surface area (Å²) in [4.78, 5) is 95.8. The highest BCUT2D eigenvalue weighted by molar-refractivity contribution is 5.96. The highest BCUT2D eigenvalue weighted by atomic mass is 16.4. The summed E-state index contributed by atoms with van der Waals surface area (Å²) in [5, 5.41) is 23.8. The molecule has 284 valence electrons. The lowest BCUT2D eigenvalue weighted by Gasteiger charge is -2.27. The number of carbonyl (C=O) groups excluding carboxylic acids is 6. The summed E-state index contributed by atoms with van der Waals surface area (Å²) in [7, 11) is 0. The van der Waals surface area contributed by atoms with Crippen LogP contribution < -0.4 is 54.8 Å². The number of nitrogens with zero attached hydrogens (tertiary/aromatic N) is 2. The molecular formula is C30H56N12O8. The van der Waals surface area contributed by atoms with Gasteiger partial charge in [-0.3, -0.25) is 43.5 Å². The predicted molar refractivity (Wildman–Crippen MR) is 186 cm³/mol. The van der Waals surface area contributed by atoms with Crippen molar-refractivity contribution in [3.05, 3.63) is 0 Å². The summed E-state index contributed by atoms with van der Waals surface area (Å²) < 4.78 is 0. The molecule has 6 amide bonds.